The quantitative estimate of drug-likeness (QED) is 0.812. The van der Waals surface area contributed by atoms with E-state index in [1.54, 1.807) is 17.5 Å². The summed E-state index contributed by atoms with van der Waals surface area (Å²) in [5.41, 5.74) is 0.976. The molecule has 1 fully saturated rings. The van der Waals surface area contributed by atoms with E-state index in [-0.39, 0.29) is 6.04 Å². The van der Waals surface area contributed by atoms with Crippen molar-refractivity contribution in [3.05, 3.63) is 27.7 Å². The second kappa shape index (κ2) is 6.87. The van der Waals surface area contributed by atoms with Gasteiger partial charge in [0.05, 0.1) is 12.2 Å². The summed E-state index contributed by atoms with van der Waals surface area (Å²) in [6.45, 7) is 2.85. The molecule has 1 aliphatic rings. The van der Waals surface area contributed by atoms with Crippen molar-refractivity contribution < 1.29 is 4.39 Å². The second-order valence-corrected chi connectivity index (χ2v) is 7.02. The smallest absolute Gasteiger partial charge is 0.114 e. The first kappa shape index (κ1) is 15.0. The molecule has 0 aliphatic carbocycles. The van der Waals surface area contributed by atoms with Crippen LogP contribution in [0.3, 0.4) is 0 Å². The molecule has 0 spiro atoms. The fourth-order valence-corrected chi connectivity index (χ4v) is 3.85. The molecular formula is C13H18FN5S2. The molecule has 114 valence electrons. The third kappa shape index (κ3) is 4.03. The predicted molar refractivity (Wildman–Crippen MR) is 82.1 cm³/mol. The van der Waals surface area contributed by atoms with Crippen LogP contribution in [0.2, 0.25) is 0 Å². The van der Waals surface area contributed by atoms with Crippen molar-refractivity contribution in [1.82, 2.24) is 24.4 Å². The maximum Gasteiger partial charge on any atom is 0.114 e. The Morgan fingerprint density at radius 2 is 2.43 bits per heavy atom. The van der Waals surface area contributed by atoms with Gasteiger partial charge in [-0.2, -0.15) is 0 Å². The Hall–Kier alpha value is -0.960. The first-order valence-corrected chi connectivity index (χ1v) is 8.63. The van der Waals surface area contributed by atoms with Gasteiger partial charge in [0.1, 0.15) is 11.2 Å². The molecule has 0 bridgehead atoms. The number of hydrogen-bond acceptors (Lipinski definition) is 7. The van der Waals surface area contributed by atoms with Crippen LogP contribution in [-0.2, 0) is 13.1 Å². The molecule has 3 heterocycles. The highest BCUT2D eigenvalue weighted by Gasteiger charge is 2.33. The predicted octanol–water partition coefficient (Wildman–Crippen LogP) is 2.04. The van der Waals surface area contributed by atoms with Crippen LogP contribution < -0.4 is 0 Å². The number of likely N-dealkylation sites (N-methyl/N-ethyl adjacent to an activating group) is 1. The highest BCUT2D eigenvalue weighted by molar-refractivity contribution is 7.09. The monoisotopic (exact) mass is 327 g/mol. The molecule has 0 unspecified atom stereocenters. The van der Waals surface area contributed by atoms with Gasteiger partial charge in [0.15, 0.2) is 0 Å². The lowest BCUT2D eigenvalue weighted by Crippen LogP contribution is -2.38. The van der Waals surface area contributed by atoms with Crippen molar-refractivity contribution in [3.63, 3.8) is 0 Å². The van der Waals surface area contributed by atoms with Gasteiger partial charge in [-0.05, 0) is 25.0 Å². The Bertz CT molecular complexity index is 533. The Balaban J connectivity index is 1.57. The van der Waals surface area contributed by atoms with Crippen molar-refractivity contribution >= 4 is 22.9 Å². The average Bonchev–Trinajstić information content (AvgIpc) is 3.14. The number of alkyl halides is 1. The fourth-order valence-electron chi connectivity index (χ4n) is 2.76. The summed E-state index contributed by atoms with van der Waals surface area (Å²) >= 11 is 2.99. The molecule has 2 aromatic heterocycles. The SMILES string of the molecule is CN(Cc1csnn1)C[C@@H]1C[C@H](F)CN1Cc1nccs1. The maximum atomic E-state index is 13.8. The van der Waals surface area contributed by atoms with Gasteiger partial charge in [0.2, 0.25) is 0 Å². The number of nitrogens with zero attached hydrogens (tertiary/aromatic N) is 5. The zero-order valence-corrected chi connectivity index (χ0v) is 13.5. The van der Waals surface area contributed by atoms with E-state index in [0.29, 0.717) is 13.0 Å². The van der Waals surface area contributed by atoms with Crippen LogP contribution in [0.5, 0.6) is 0 Å². The zero-order chi connectivity index (χ0) is 14.7. The normalized spacial score (nSPS) is 23.2. The molecular weight excluding hydrogens is 309 g/mol. The minimum absolute atomic E-state index is 0.237. The third-order valence-corrected chi connectivity index (χ3v) is 4.98. The summed E-state index contributed by atoms with van der Waals surface area (Å²) < 4.78 is 17.7. The number of rotatable bonds is 6. The summed E-state index contributed by atoms with van der Waals surface area (Å²) in [6.07, 6.45) is 1.68. The lowest BCUT2D eigenvalue weighted by Gasteiger charge is -2.27. The minimum atomic E-state index is -0.732. The van der Waals surface area contributed by atoms with E-state index in [1.807, 2.05) is 17.8 Å². The maximum absolute atomic E-state index is 13.8. The molecule has 1 saturated heterocycles. The van der Waals surface area contributed by atoms with Crippen molar-refractivity contribution in [2.45, 2.75) is 31.7 Å². The van der Waals surface area contributed by atoms with Gasteiger partial charge in [0, 0.05) is 42.6 Å². The largest absolute Gasteiger partial charge is 0.299 e. The molecule has 0 N–H and O–H groups in total. The third-order valence-electron chi connectivity index (χ3n) is 3.66. The van der Waals surface area contributed by atoms with Crippen molar-refractivity contribution in [3.8, 4) is 0 Å². The Kier molecular flexibility index (Phi) is 4.89. The van der Waals surface area contributed by atoms with Crippen LogP contribution in [0, 0.1) is 0 Å². The summed E-state index contributed by atoms with van der Waals surface area (Å²) in [7, 11) is 2.05. The van der Waals surface area contributed by atoms with Gasteiger partial charge in [-0.3, -0.25) is 9.80 Å². The van der Waals surface area contributed by atoms with Crippen molar-refractivity contribution in [2.24, 2.45) is 0 Å². The summed E-state index contributed by atoms with van der Waals surface area (Å²) in [5, 5.41) is 9.03. The van der Waals surface area contributed by atoms with Gasteiger partial charge in [-0.25, -0.2) is 9.37 Å². The van der Waals surface area contributed by atoms with E-state index in [1.165, 1.54) is 11.5 Å². The molecule has 5 nitrogen and oxygen atoms in total. The van der Waals surface area contributed by atoms with E-state index < -0.39 is 6.17 Å². The van der Waals surface area contributed by atoms with Crippen LogP contribution in [0.15, 0.2) is 17.0 Å². The van der Waals surface area contributed by atoms with Crippen molar-refractivity contribution in [1.29, 1.82) is 0 Å². The number of halogens is 1. The lowest BCUT2D eigenvalue weighted by molar-refractivity contribution is 0.179. The van der Waals surface area contributed by atoms with Crippen molar-refractivity contribution in [2.75, 3.05) is 20.1 Å². The fraction of sp³-hybridized carbons (Fsp3) is 0.615. The number of likely N-dealkylation sites (tertiary alicyclic amines) is 1. The zero-order valence-electron chi connectivity index (χ0n) is 11.9. The van der Waals surface area contributed by atoms with Gasteiger partial charge < -0.3 is 0 Å². The molecule has 2 aromatic rings. The van der Waals surface area contributed by atoms with Gasteiger partial charge in [0.25, 0.3) is 0 Å². The highest BCUT2D eigenvalue weighted by Crippen LogP contribution is 2.24. The van der Waals surface area contributed by atoms with E-state index in [2.05, 4.69) is 24.4 Å². The molecule has 0 amide bonds. The number of thiazole rings is 1. The van der Waals surface area contributed by atoms with Crippen LogP contribution >= 0.6 is 22.9 Å². The van der Waals surface area contributed by atoms with Crippen LogP contribution in [0.25, 0.3) is 0 Å². The molecule has 0 aromatic carbocycles. The molecule has 0 radical (unpaired) electrons. The van der Waals surface area contributed by atoms with Gasteiger partial charge >= 0.3 is 0 Å². The van der Waals surface area contributed by atoms with Gasteiger partial charge in [-0.15, -0.1) is 16.4 Å². The summed E-state index contributed by atoms with van der Waals surface area (Å²) in [5.74, 6) is 0. The first-order valence-electron chi connectivity index (χ1n) is 6.91. The molecule has 1 aliphatic heterocycles. The Morgan fingerprint density at radius 1 is 1.52 bits per heavy atom. The topological polar surface area (TPSA) is 45.2 Å². The Morgan fingerprint density at radius 3 is 3.14 bits per heavy atom. The van der Waals surface area contributed by atoms with Crippen LogP contribution in [-0.4, -0.2) is 56.7 Å². The van der Waals surface area contributed by atoms with E-state index in [9.17, 15) is 4.39 Å². The van der Waals surface area contributed by atoms with E-state index >= 15 is 0 Å². The van der Waals surface area contributed by atoms with E-state index in [4.69, 9.17) is 0 Å². The van der Waals surface area contributed by atoms with Crippen LogP contribution in [0.1, 0.15) is 17.1 Å². The summed E-state index contributed by atoms with van der Waals surface area (Å²) in [6, 6.07) is 0.237. The van der Waals surface area contributed by atoms with Crippen LogP contribution in [0.4, 0.5) is 4.39 Å². The molecule has 8 heteroatoms. The number of aromatic nitrogens is 3. The lowest BCUT2D eigenvalue weighted by atomic mass is 10.2. The van der Waals surface area contributed by atoms with Gasteiger partial charge in [-0.1, -0.05) is 4.49 Å². The second-order valence-electron chi connectivity index (χ2n) is 5.44. The van der Waals surface area contributed by atoms with E-state index in [0.717, 1.165) is 30.3 Å². The Labute approximate surface area is 131 Å². The minimum Gasteiger partial charge on any atom is -0.299 e. The highest BCUT2D eigenvalue weighted by atomic mass is 32.1. The standard InChI is InChI=1S/C13H18FN5S2/c1-18(6-11-9-21-17-16-11)7-12-4-10(14)5-19(12)8-13-15-2-3-20-13/h2-3,9-10,12H,4-8H2,1H3/t10-,12-/m0/s1. The number of hydrogen-bond donors (Lipinski definition) is 0. The molecule has 3 rings (SSSR count). The molecule has 2 atom stereocenters. The first-order chi connectivity index (χ1) is 10.2. The molecule has 0 saturated carbocycles. The average molecular weight is 327 g/mol. The summed E-state index contributed by atoms with van der Waals surface area (Å²) in [4.78, 5) is 8.70. The molecule has 21 heavy (non-hydrogen) atoms.